The largest absolute Gasteiger partial charge is 0.497 e. The van der Waals surface area contributed by atoms with Gasteiger partial charge in [0.25, 0.3) is 5.56 Å². The fourth-order valence-electron chi connectivity index (χ4n) is 2.87. The summed E-state index contributed by atoms with van der Waals surface area (Å²) in [5, 5.41) is 10.4. The van der Waals surface area contributed by atoms with Gasteiger partial charge >= 0.3 is 5.97 Å². The second kappa shape index (κ2) is 7.26. The lowest BCUT2D eigenvalue weighted by Gasteiger charge is -2.18. The molecule has 3 rings (SSSR count). The third-order valence-electron chi connectivity index (χ3n) is 4.21. The zero-order valence-corrected chi connectivity index (χ0v) is 14.4. The van der Waals surface area contributed by atoms with E-state index in [1.54, 1.807) is 55.8 Å². The summed E-state index contributed by atoms with van der Waals surface area (Å²) in [6.45, 7) is 0. The van der Waals surface area contributed by atoms with E-state index in [1.807, 2.05) is 0 Å². The Morgan fingerprint density at radius 3 is 2.58 bits per heavy atom. The number of benzene rings is 1. The molecular formula is C19H18N2O5. The molecule has 0 saturated heterocycles. The van der Waals surface area contributed by atoms with Crippen molar-refractivity contribution in [3.05, 3.63) is 70.1 Å². The molecule has 2 aromatic heterocycles. The number of nitrogens with zero attached hydrogens (tertiary/aromatic N) is 2. The fraction of sp³-hybridized carbons (Fsp3) is 0.211. The second-order valence-electron chi connectivity index (χ2n) is 5.69. The van der Waals surface area contributed by atoms with Gasteiger partial charge < -0.3 is 14.6 Å². The number of ether oxygens (including phenoxy) is 2. The van der Waals surface area contributed by atoms with Gasteiger partial charge in [-0.3, -0.25) is 14.0 Å². The Bertz CT molecular complexity index is 995. The standard InChI is InChI=1S/C19H18N2O5/c1-25-13-8-6-12(7-9-13)14(11-16(22)26-2)17-18(23)20-15-5-3-4-10-21(15)19(17)24/h3-10,14,23H,11H2,1-2H3/t14-/m0/s1. The summed E-state index contributed by atoms with van der Waals surface area (Å²) in [7, 11) is 2.82. The molecule has 1 atom stereocenters. The maximum atomic E-state index is 12.9. The highest BCUT2D eigenvalue weighted by molar-refractivity contribution is 5.71. The van der Waals surface area contributed by atoms with Crippen LogP contribution in [0.4, 0.5) is 0 Å². The van der Waals surface area contributed by atoms with Crippen molar-refractivity contribution in [3.63, 3.8) is 0 Å². The van der Waals surface area contributed by atoms with E-state index in [9.17, 15) is 14.7 Å². The molecule has 0 radical (unpaired) electrons. The summed E-state index contributed by atoms with van der Waals surface area (Å²) in [5.41, 5.74) is 0.605. The molecule has 0 saturated carbocycles. The number of methoxy groups -OCH3 is 2. The molecule has 0 aliphatic heterocycles. The molecule has 0 aliphatic carbocycles. The molecule has 7 heteroatoms. The number of hydrogen-bond donors (Lipinski definition) is 1. The first-order chi connectivity index (χ1) is 12.5. The molecule has 0 fully saturated rings. The molecular weight excluding hydrogens is 336 g/mol. The van der Waals surface area contributed by atoms with Gasteiger partial charge in [-0.15, -0.1) is 0 Å². The molecule has 1 aromatic carbocycles. The number of aromatic hydroxyl groups is 1. The van der Waals surface area contributed by atoms with Crippen molar-refractivity contribution >= 4 is 11.6 Å². The first-order valence-electron chi connectivity index (χ1n) is 7.96. The molecule has 0 unspecified atom stereocenters. The molecule has 134 valence electrons. The van der Waals surface area contributed by atoms with Crippen LogP contribution in [0.15, 0.2) is 53.5 Å². The van der Waals surface area contributed by atoms with Gasteiger partial charge in [-0.1, -0.05) is 18.2 Å². The van der Waals surface area contributed by atoms with Crippen LogP contribution in [0.3, 0.4) is 0 Å². The van der Waals surface area contributed by atoms with E-state index in [0.29, 0.717) is 17.0 Å². The molecule has 0 bridgehead atoms. The van der Waals surface area contributed by atoms with Crippen molar-refractivity contribution in [1.29, 1.82) is 0 Å². The van der Waals surface area contributed by atoms with Gasteiger partial charge in [0.05, 0.1) is 26.2 Å². The number of esters is 1. The van der Waals surface area contributed by atoms with E-state index in [2.05, 4.69) is 4.98 Å². The molecule has 0 spiro atoms. The van der Waals surface area contributed by atoms with Crippen LogP contribution < -0.4 is 10.3 Å². The van der Waals surface area contributed by atoms with Crippen LogP contribution in [0, 0.1) is 0 Å². The Morgan fingerprint density at radius 2 is 1.92 bits per heavy atom. The third kappa shape index (κ3) is 3.23. The lowest BCUT2D eigenvalue weighted by Crippen LogP contribution is -2.24. The topological polar surface area (TPSA) is 90.1 Å². The van der Waals surface area contributed by atoms with Gasteiger partial charge in [0, 0.05) is 12.1 Å². The average Bonchev–Trinajstić information content (AvgIpc) is 2.67. The maximum absolute atomic E-state index is 12.9. The van der Waals surface area contributed by atoms with Crippen molar-refractivity contribution in [2.45, 2.75) is 12.3 Å². The van der Waals surface area contributed by atoms with E-state index >= 15 is 0 Å². The molecule has 26 heavy (non-hydrogen) atoms. The number of hydrogen-bond acceptors (Lipinski definition) is 6. The highest BCUT2D eigenvalue weighted by Crippen LogP contribution is 2.32. The van der Waals surface area contributed by atoms with Crippen molar-refractivity contribution < 1.29 is 19.4 Å². The van der Waals surface area contributed by atoms with Crippen LogP contribution in [-0.4, -0.2) is 34.7 Å². The maximum Gasteiger partial charge on any atom is 0.306 e. The zero-order valence-electron chi connectivity index (χ0n) is 14.4. The summed E-state index contributed by atoms with van der Waals surface area (Å²) in [6.07, 6.45) is 1.46. The summed E-state index contributed by atoms with van der Waals surface area (Å²) in [5.74, 6) is -0.956. The first-order valence-corrected chi connectivity index (χ1v) is 7.96. The molecule has 0 amide bonds. The Labute approximate surface area is 149 Å². The van der Waals surface area contributed by atoms with E-state index in [0.717, 1.165) is 0 Å². The summed E-state index contributed by atoms with van der Waals surface area (Å²) in [6, 6.07) is 12.0. The van der Waals surface area contributed by atoms with Crippen LogP contribution in [0.2, 0.25) is 0 Å². The van der Waals surface area contributed by atoms with Gasteiger partial charge in [-0.2, -0.15) is 4.98 Å². The van der Waals surface area contributed by atoms with E-state index in [-0.39, 0.29) is 12.0 Å². The Balaban J connectivity index is 2.19. The molecule has 3 aromatic rings. The van der Waals surface area contributed by atoms with Gasteiger partial charge in [0.15, 0.2) is 0 Å². The predicted octanol–water partition coefficient (Wildman–Crippen LogP) is 2.10. The molecule has 2 heterocycles. The van der Waals surface area contributed by atoms with Crippen LogP contribution in [0.25, 0.3) is 5.65 Å². The number of carbonyl (C=O) groups excluding carboxylic acids is 1. The normalized spacial score (nSPS) is 11.9. The van der Waals surface area contributed by atoms with Crippen molar-refractivity contribution in [2.24, 2.45) is 0 Å². The van der Waals surface area contributed by atoms with Gasteiger partial charge in [-0.25, -0.2) is 0 Å². The second-order valence-corrected chi connectivity index (χ2v) is 5.69. The van der Waals surface area contributed by atoms with Crippen molar-refractivity contribution in [1.82, 2.24) is 9.38 Å². The van der Waals surface area contributed by atoms with Crippen LogP contribution in [0.5, 0.6) is 11.6 Å². The van der Waals surface area contributed by atoms with Gasteiger partial charge in [0.1, 0.15) is 11.4 Å². The summed E-state index contributed by atoms with van der Waals surface area (Å²) >= 11 is 0. The minimum absolute atomic E-state index is 0.0456. The van der Waals surface area contributed by atoms with E-state index < -0.39 is 23.3 Å². The first kappa shape index (κ1) is 17.5. The smallest absolute Gasteiger partial charge is 0.306 e. The Kier molecular flexibility index (Phi) is 4.88. The number of aromatic nitrogens is 2. The van der Waals surface area contributed by atoms with Crippen LogP contribution in [-0.2, 0) is 9.53 Å². The monoisotopic (exact) mass is 354 g/mol. The Morgan fingerprint density at radius 1 is 1.19 bits per heavy atom. The minimum Gasteiger partial charge on any atom is -0.497 e. The van der Waals surface area contributed by atoms with Gasteiger partial charge in [-0.05, 0) is 29.8 Å². The highest BCUT2D eigenvalue weighted by Gasteiger charge is 2.26. The SMILES string of the molecule is COC(=O)C[C@@H](c1ccc(OC)cc1)c1c(O)nc2ccccn2c1=O. The van der Waals surface area contributed by atoms with Crippen molar-refractivity contribution in [2.75, 3.05) is 14.2 Å². The zero-order chi connectivity index (χ0) is 18.7. The quantitative estimate of drug-likeness (QED) is 0.706. The van der Waals surface area contributed by atoms with E-state index in [1.165, 1.54) is 11.5 Å². The van der Waals surface area contributed by atoms with Crippen molar-refractivity contribution in [3.8, 4) is 11.6 Å². The average molecular weight is 354 g/mol. The predicted molar refractivity (Wildman–Crippen MR) is 94.6 cm³/mol. The highest BCUT2D eigenvalue weighted by atomic mass is 16.5. The number of rotatable bonds is 5. The number of fused-ring (bicyclic) bond motifs is 1. The lowest BCUT2D eigenvalue weighted by molar-refractivity contribution is -0.140. The minimum atomic E-state index is -0.703. The summed E-state index contributed by atoms with van der Waals surface area (Å²) < 4.78 is 11.2. The molecule has 7 nitrogen and oxygen atoms in total. The van der Waals surface area contributed by atoms with Gasteiger partial charge in [0.2, 0.25) is 5.88 Å². The summed E-state index contributed by atoms with van der Waals surface area (Å²) in [4.78, 5) is 29.0. The Hall–Kier alpha value is -3.35. The molecule has 1 N–H and O–H groups in total. The number of carbonyl (C=O) groups is 1. The van der Waals surface area contributed by atoms with Crippen LogP contribution in [0.1, 0.15) is 23.5 Å². The van der Waals surface area contributed by atoms with E-state index in [4.69, 9.17) is 9.47 Å². The third-order valence-corrected chi connectivity index (χ3v) is 4.21. The number of pyridine rings is 1. The molecule has 0 aliphatic rings. The lowest BCUT2D eigenvalue weighted by atomic mass is 9.89. The fourth-order valence-corrected chi connectivity index (χ4v) is 2.87. The van der Waals surface area contributed by atoms with Crippen LogP contribution >= 0.6 is 0 Å².